The molecule has 0 radical (unpaired) electrons. The Morgan fingerprint density at radius 3 is 2.90 bits per heavy atom. The number of benzene rings is 1. The van der Waals surface area contributed by atoms with Gasteiger partial charge in [0.1, 0.15) is 0 Å². The number of nitrogens with one attached hydrogen (secondary N) is 1. The van der Waals surface area contributed by atoms with E-state index in [1.807, 2.05) is 19.1 Å². The Morgan fingerprint density at radius 2 is 2.14 bits per heavy atom. The fraction of sp³-hybridized carbons (Fsp3) is 0.143. The van der Waals surface area contributed by atoms with E-state index in [-0.39, 0.29) is 5.69 Å². The summed E-state index contributed by atoms with van der Waals surface area (Å²) in [6.45, 7) is 2.39. The minimum absolute atomic E-state index is 0.0939. The highest BCUT2D eigenvalue weighted by atomic mass is 16.6. The highest BCUT2D eigenvalue weighted by Gasteiger charge is 2.08. The fourth-order valence-electron chi connectivity index (χ4n) is 2.17. The Labute approximate surface area is 120 Å². The van der Waals surface area contributed by atoms with Crippen LogP contribution in [-0.4, -0.2) is 19.5 Å². The molecule has 0 fully saturated rings. The molecule has 21 heavy (non-hydrogen) atoms. The molecule has 0 bridgehead atoms. The number of nitro benzene ring substituents is 1. The predicted molar refractivity (Wildman–Crippen MR) is 78.1 cm³/mol. The number of anilines is 1. The average Bonchev–Trinajstić information content (AvgIpc) is 2.94. The molecule has 0 saturated heterocycles. The van der Waals surface area contributed by atoms with Crippen molar-refractivity contribution in [3.8, 4) is 0 Å². The van der Waals surface area contributed by atoms with Gasteiger partial charge >= 0.3 is 0 Å². The van der Waals surface area contributed by atoms with Gasteiger partial charge in [0.05, 0.1) is 23.4 Å². The summed E-state index contributed by atoms with van der Waals surface area (Å²) in [6, 6.07) is 8.48. The van der Waals surface area contributed by atoms with E-state index < -0.39 is 4.92 Å². The van der Waals surface area contributed by atoms with Gasteiger partial charge in [0.2, 0.25) is 0 Å². The molecule has 1 N–H and O–H groups in total. The van der Waals surface area contributed by atoms with Crippen LogP contribution in [0.15, 0.2) is 42.7 Å². The Hall–Kier alpha value is -2.96. The second kappa shape index (κ2) is 5.20. The normalized spacial score (nSPS) is 10.7. The molecule has 0 aliphatic rings. The maximum absolute atomic E-state index is 10.7. The maximum Gasteiger partial charge on any atom is 0.269 e. The number of fused-ring (bicyclic) bond motifs is 1. The molecule has 0 atom stereocenters. The Morgan fingerprint density at radius 1 is 1.29 bits per heavy atom. The molecule has 7 nitrogen and oxygen atoms in total. The highest BCUT2D eigenvalue weighted by molar-refractivity contribution is 5.55. The summed E-state index contributed by atoms with van der Waals surface area (Å²) in [7, 11) is 0. The van der Waals surface area contributed by atoms with Crippen LogP contribution in [0.5, 0.6) is 0 Å². The summed E-state index contributed by atoms with van der Waals surface area (Å²) < 4.78 is 1.76. The van der Waals surface area contributed by atoms with Gasteiger partial charge in [-0.1, -0.05) is 0 Å². The van der Waals surface area contributed by atoms with E-state index in [1.54, 1.807) is 29.0 Å². The molecule has 0 spiro atoms. The minimum atomic E-state index is -0.396. The number of aryl methyl sites for hydroxylation is 1. The van der Waals surface area contributed by atoms with Gasteiger partial charge < -0.3 is 5.32 Å². The Kier molecular flexibility index (Phi) is 3.23. The Bertz CT molecular complexity index is 812. The lowest BCUT2D eigenvalue weighted by molar-refractivity contribution is -0.384. The SMILES string of the molecule is Cc1cc([N+](=O)[O-])ccc1NCc1ccnc2ccnn12. The molecule has 3 aromatic rings. The molecular weight excluding hydrogens is 270 g/mol. The minimum Gasteiger partial charge on any atom is -0.379 e. The summed E-state index contributed by atoms with van der Waals surface area (Å²) in [4.78, 5) is 14.5. The zero-order valence-electron chi connectivity index (χ0n) is 11.4. The second-order valence-electron chi connectivity index (χ2n) is 4.65. The van der Waals surface area contributed by atoms with Crippen molar-refractivity contribution in [3.05, 3.63) is 64.1 Å². The first kappa shape index (κ1) is 13.0. The standard InChI is InChI=1S/C14H13N5O2/c1-10-8-11(19(20)21)2-3-13(10)16-9-12-4-6-15-14-5-7-17-18(12)14/h2-8,16H,9H2,1H3. The number of hydrogen-bond donors (Lipinski definition) is 1. The molecular formula is C14H13N5O2. The van der Waals surface area contributed by atoms with Crippen molar-refractivity contribution < 1.29 is 4.92 Å². The summed E-state index contributed by atoms with van der Waals surface area (Å²) in [6.07, 6.45) is 3.43. The average molecular weight is 283 g/mol. The van der Waals surface area contributed by atoms with Crippen LogP contribution < -0.4 is 5.32 Å². The fourth-order valence-corrected chi connectivity index (χ4v) is 2.17. The third-order valence-corrected chi connectivity index (χ3v) is 3.25. The summed E-state index contributed by atoms with van der Waals surface area (Å²) in [5.41, 5.74) is 3.53. The van der Waals surface area contributed by atoms with E-state index in [2.05, 4.69) is 15.4 Å². The number of rotatable bonds is 4. The highest BCUT2D eigenvalue weighted by Crippen LogP contribution is 2.21. The summed E-state index contributed by atoms with van der Waals surface area (Å²) in [5.74, 6) is 0. The van der Waals surface area contributed by atoms with Crippen LogP contribution in [0.1, 0.15) is 11.3 Å². The van der Waals surface area contributed by atoms with Crippen LogP contribution in [-0.2, 0) is 6.54 Å². The number of nitro groups is 1. The number of hydrogen-bond acceptors (Lipinski definition) is 5. The van der Waals surface area contributed by atoms with Crippen LogP contribution in [0.2, 0.25) is 0 Å². The van der Waals surface area contributed by atoms with Gasteiger partial charge in [-0.3, -0.25) is 10.1 Å². The predicted octanol–water partition coefficient (Wildman–Crippen LogP) is 2.56. The van der Waals surface area contributed by atoms with E-state index in [4.69, 9.17) is 0 Å². The van der Waals surface area contributed by atoms with E-state index in [9.17, 15) is 10.1 Å². The first-order chi connectivity index (χ1) is 10.1. The number of non-ortho nitro benzene ring substituents is 1. The zero-order valence-corrected chi connectivity index (χ0v) is 11.4. The van der Waals surface area contributed by atoms with Crippen molar-refractivity contribution in [2.24, 2.45) is 0 Å². The van der Waals surface area contributed by atoms with Crippen molar-refractivity contribution in [2.75, 3.05) is 5.32 Å². The van der Waals surface area contributed by atoms with Crippen molar-refractivity contribution in [1.82, 2.24) is 14.6 Å². The zero-order chi connectivity index (χ0) is 14.8. The Balaban J connectivity index is 1.82. The van der Waals surface area contributed by atoms with E-state index in [1.165, 1.54) is 6.07 Å². The third-order valence-electron chi connectivity index (χ3n) is 3.25. The van der Waals surface area contributed by atoms with Crippen LogP contribution in [0.4, 0.5) is 11.4 Å². The monoisotopic (exact) mass is 283 g/mol. The smallest absolute Gasteiger partial charge is 0.269 e. The molecule has 3 rings (SSSR count). The largest absolute Gasteiger partial charge is 0.379 e. The first-order valence-electron chi connectivity index (χ1n) is 6.42. The lowest BCUT2D eigenvalue weighted by Gasteiger charge is -2.10. The molecule has 0 aliphatic heterocycles. The van der Waals surface area contributed by atoms with Gasteiger partial charge in [-0.2, -0.15) is 5.10 Å². The molecule has 0 amide bonds. The summed E-state index contributed by atoms with van der Waals surface area (Å²) in [5, 5.41) is 18.2. The maximum atomic E-state index is 10.7. The van der Waals surface area contributed by atoms with Gasteiger partial charge in [-0.05, 0) is 24.6 Å². The van der Waals surface area contributed by atoms with Gasteiger partial charge in [0.15, 0.2) is 5.65 Å². The molecule has 0 unspecified atom stereocenters. The van der Waals surface area contributed by atoms with Crippen molar-refractivity contribution >= 4 is 17.0 Å². The van der Waals surface area contributed by atoms with Crippen LogP contribution in [0.3, 0.4) is 0 Å². The van der Waals surface area contributed by atoms with Crippen molar-refractivity contribution in [1.29, 1.82) is 0 Å². The van der Waals surface area contributed by atoms with Crippen molar-refractivity contribution in [2.45, 2.75) is 13.5 Å². The third kappa shape index (κ3) is 2.53. The molecule has 106 valence electrons. The van der Waals surface area contributed by atoms with Gasteiger partial charge in [0, 0.05) is 30.1 Å². The lowest BCUT2D eigenvalue weighted by Crippen LogP contribution is -2.07. The van der Waals surface area contributed by atoms with Crippen LogP contribution >= 0.6 is 0 Å². The number of aromatic nitrogens is 3. The molecule has 2 heterocycles. The first-order valence-corrected chi connectivity index (χ1v) is 6.42. The molecule has 0 saturated carbocycles. The van der Waals surface area contributed by atoms with E-state index in [0.29, 0.717) is 6.54 Å². The van der Waals surface area contributed by atoms with Gasteiger partial charge in [-0.15, -0.1) is 0 Å². The molecule has 1 aromatic carbocycles. The van der Waals surface area contributed by atoms with Gasteiger partial charge in [0.25, 0.3) is 5.69 Å². The molecule has 2 aromatic heterocycles. The second-order valence-corrected chi connectivity index (χ2v) is 4.65. The summed E-state index contributed by atoms with van der Waals surface area (Å²) >= 11 is 0. The topological polar surface area (TPSA) is 85.4 Å². The quantitative estimate of drug-likeness (QED) is 0.587. The molecule has 7 heteroatoms. The number of nitrogens with zero attached hydrogens (tertiary/aromatic N) is 4. The van der Waals surface area contributed by atoms with Crippen LogP contribution in [0, 0.1) is 17.0 Å². The van der Waals surface area contributed by atoms with Crippen LogP contribution in [0.25, 0.3) is 5.65 Å². The molecule has 0 aliphatic carbocycles. The van der Waals surface area contributed by atoms with E-state index >= 15 is 0 Å². The van der Waals surface area contributed by atoms with Gasteiger partial charge in [-0.25, -0.2) is 9.50 Å². The van der Waals surface area contributed by atoms with E-state index in [0.717, 1.165) is 22.6 Å². The lowest BCUT2D eigenvalue weighted by atomic mass is 10.2. The van der Waals surface area contributed by atoms with Crippen molar-refractivity contribution in [3.63, 3.8) is 0 Å².